The number of fused-ring (bicyclic) bond motifs is 5. The van der Waals surface area contributed by atoms with Crippen molar-refractivity contribution in [3.05, 3.63) is 199 Å². The molecule has 4 N–H and O–H groups in total. The van der Waals surface area contributed by atoms with Gasteiger partial charge < -0.3 is 5.32 Å². The molecule has 0 spiro atoms. The molecule has 1 aromatic heterocycles. The molecule has 2 unspecified atom stereocenters. The first-order valence-corrected chi connectivity index (χ1v) is 18.4. The summed E-state index contributed by atoms with van der Waals surface area (Å²) in [7, 11) is 0. The Morgan fingerprint density at radius 1 is 0.453 bits per heavy atom. The summed E-state index contributed by atoms with van der Waals surface area (Å²) in [5.41, 5.74) is 10.8. The molecule has 0 radical (unpaired) electrons. The van der Waals surface area contributed by atoms with E-state index in [0.29, 0.717) is 6.54 Å². The summed E-state index contributed by atoms with van der Waals surface area (Å²) in [6, 6.07) is 61.0. The Morgan fingerprint density at radius 3 is 1.68 bits per heavy atom. The van der Waals surface area contributed by atoms with Gasteiger partial charge in [0.05, 0.1) is 29.5 Å². The average molecular weight is 686 g/mol. The van der Waals surface area contributed by atoms with Crippen LogP contribution >= 0.6 is 0 Å². The van der Waals surface area contributed by atoms with E-state index in [4.69, 9.17) is 0 Å². The van der Waals surface area contributed by atoms with E-state index >= 15 is 0 Å². The van der Waals surface area contributed by atoms with E-state index in [1.165, 1.54) is 71.5 Å². The van der Waals surface area contributed by atoms with Crippen LogP contribution in [0.2, 0.25) is 0 Å². The Kier molecular flexibility index (Phi) is 7.95. The fraction of sp³-hybridized carbons (Fsp3) is 0.0833. The van der Waals surface area contributed by atoms with Gasteiger partial charge in [0.25, 0.3) is 0 Å². The van der Waals surface area contributed by atoms with Gasteiger partial charge >= 0.3 is 0 Å². The van der Waals surface area contributed by atoms with Crippen molar-refractivity contribution < 1.29 is 0 Å². The minimum atomic E-state index is -0.0996. The third-order valence-electron chi connectivity index (χ3n) is 10.7. The van der Waals surface area contributed by atoms with Gasteiger partial charge in [0, 0.05) is 17.3 Å². The third kappa shape index (κ3) is 5.72. The topological polar surface area (TPSA) is 53.0 Å². The largest absolute Gasteiger partial charge is 0.368 e. The van der Waals surface area contributed by atoms with E-state index in [9.17, 15) is 0 Å². The molecule has 2 atom stereocenters. The highest BCUT2D eigenvalue weighted by Crippen LogP contribution is 2.42. The van der Waals surface area contributed by atoms with Crippen molar-refractivity contribution in [3.8, 4) is 22.3 Å². The van der Waals surface area contributed by atoms with Crippen molar-refractivity contribution in [1.29, 1.82) is 0 Å². The second-order valence-corrected chi connectivity index (χ2v) is 13.9. The van der Waals surface area contributed by atoms with E-state index in [1.54, 1.807) is 0 Å². The molecule has 0 saturated carbocycles. The third-order valence-corrected chi connectivity index (χ3v) is 10.7. The summed E-state index contributed by atoms with van der Waals surface area (Å²) in [6.45, 7) is 0.707. The minimum Gasteiger partial charge on any atom is -0.368 e. The zero-order valence-electron chi connectivity index (χ0n) is 29.2. The molecule has 3 heterocycles. The second-order valence-electron chi connectivity index (χ2n) is 13.9. The number of rotatable bonds is 6. The van der Waals surface area contributed by atoms with Gasteiger partial charge in [0.1, 0.15) is 5.82 Å². The first kappa shape index (κ1) is 31.5. The molecule has 53 heavy (non-hydrogen) atoms. The summed E-state index contributed by atoms with van der Waals surface area (Å²) in [5, 5.41) is 20.4. The number of aromatic nitrogens is 1. The van der Waals surface area contributed by atoms with Crippen LogP contribution in [0.3, 0.4) is 0 Å². The normalized spacial score (nSPS) is 18.8. The highest BCUT2D eigenvalue weighted by molar-refractivity contribution is 6.24. The summed E-state index contributed by atoms with van der Waals surface area (Å²) in [6.07, 6.45) is 4.45. The fourth-order valence-electron chi connectivity index (χ4n) is 8.20. The summed E-state index contributed by atoms with van der Waals surface area (Å²) in [4.78, 5) is 0. The van der Waals surface area contributed by atoms with Crippen molar-refractivity contribution in [2.24, 2.45) is 0 Å². The maximum atomic E-state index is 3.89. The molecule has 10 rings (SSSR count). The second kappa shape index (κ2) is 13.4. The SMILES string of the molecule is C1=C(C2NC(c3ccccc3)NC(c3ccccc3)N2)C=C(n2c3cc(-c4ccccc4)ccc3c3c4ccccc4c(-c4ccccc4)cc32)NC1. The van der Waals surface area contributed by atoms with Gasteiger partial charge in [-0.05, 0) is 67.9 Å². The van der Waals surface area contributed by atoms with Gasteiger partial charge in [-0.2, -0.15) is 0 Å². The van der Waals surface area contributed by atoms with Gasteiger partial charge in [0.15, 0.2) is 0 Å². The zero-order valence-corrected chi connectivity index (χ0v) is 29.2. The Hall–Kier alpha value is -6.24. The maximum absolute atomic E-state index is 3.89. The van der Waals surface area contributed by atoms with Crippen molar-refractivity contribution in [2.45, 2.75) is 18.5 Å². The van der Waals surface area contributed by atoms with Gasteiger partial charge in [-0.15, -0.1) is 0 Å². The molecule has 1 saturated heterocycles. The van der Waals surface area contributed by atoms with Gasteiger partial charge in [-0.3, -0.25) is 20.5 Å². The number of dihydropyridines is 1. The number of hydrogen-bond acceptors (Lipinski definition) is 4. The minimum absolute atomic E-state index is 0.0400. The number of nitrogens with zero attached hydrogens (tertiary/aromatic N) is 1. The van der Waals surface area contributed by atoms with Crippen LogP contribution in [-0.2, 0) is 0 Å². The number of hydrogen-bond donors (Lipinski definition) is 4. The standard InChI is InChI=1S/C48H39N5/c1-5-15-32(16-6-1)36-25-26-40-42(29-36)53(43-31-41(33-17-7-2-8-18-33)38-23-13-14-24-39(38)45(40)43)44-30-37(27-28-49-44)48-51-46(34-19-9-3-10-20-34)50-47(52-48)35-21-11-4-12-22-35/h1-27,29-31,46-52H,28H2. The van der Waals surface area contributed by atoms with Crippen LogP contribution < -0.4 is 21.3 Å². The Bertz CT molecular complexity index is 2600. The van der Waals surface area contributed by atoms with Crippen molar-refractivity contribution in [3.63, 3.8) is 0 Å². The van der Waals surface area contributed by atoms with E-state index in [-0.39, 0.29) is 18.5 Å². The van der Waals surface area contributed by atoms with Gasteiger partial charge in [-0.25, -0.2) is 0 Å². The molecule has 0 aliphatic carbocycles. The lowest BCUT2D eigenvalue weighted by atomic mass is 9.94. The maximum Gasteiger partial charge on any atom is 0.111 e. The van der Waals surface area contributed by atoms with Crippen LogP contribution in [0, 0.1) is 0 Å². The molecule has 8 aromatic rings. The lowest BCUT2D eigenvalue weighted by molar-refractivity contribution is 0.224. The molecule has 2 aliphatic rings. The molecule has 256 valence electrons. The van der Waals surface area contributed by atoms with Crippen LogP contribution in [-0.4, -0.2) is 17.3 Å². The van der Waals surface area contributed by atoms with Crippen molar-refractivity contribution in [1.82, 2.24) is 25.8 Å². The molecule has 7 aromatic carbocycles. The molecule has 5 heteroatoms. The monoisotopic (exact) mass is 685 g/mol. The van der Waals surface area contributed by atoms with Crippen LogP contribution in [0.4, 0.5) is 0 Å². The smallest absolute Gasteiger partial charge is 0.111 e. The zero-order chi connectivity index (χ0) is 35.1. The molecule has 1 fully saturated rings. The van der Waals surface area contributed by atoms with Crippen molar-refractivity contribution >= 4 is 38.4 Å². The number of nitrogens with one attached hydrogen (secondary N) is 4. The number of benzene rings is 7. The highest BCUT2D eigenvalue weighted by Gasteiger charge is 2.31. The van der Waals surface area contributed by atoms with Gasteiger partial charge in [-0.1, -0.05) is 164 Å². The van der Waals surface area contributed by atoms with Gasteiger partial charge in [0.2, 0.25) is 0 Å². The van der Waals surface area contributed by atoms with Crippen LogP contribution in [0.15, 0.2) is 188 Å². The Balaban J connectivity index is 1.16. The van der Waals surface area contributed by atoms with E-state index in [0.717, 1.165) is 5.82 Å². The highest BCUT2D eigenvalue weighted by atomic mass is 15.4. The lowest BCUT2D eigenvalue weighted by Gasteiger charge is -2.40. The van der Waals surface area contributed by atoms with E-state index in [1.807, 2.05) is 0 Å². The lowest BCUT2D eigenvalue weighted by Crippen LogP contribution is -2.59. The molecule has 0 amide bonds. The first-order valence-electron chi connectivity index (χ1n) is 18.4. The summed E-state index contributed by atoms with van der Waals surface area (Å²) < 4.78 is 2.45. The van der Waals surface area contributed by atoms with Crippen LogP contribution in [0.25, 0.3) is 60.7 Å². The Morgan fingerprint density at radius 2 is 1.02 bits per heavy atom. The Labute approximate surface area is 309 Å². The summed E-state index contributed by atoms with van der Waals surface area (Å²) >= 11 is 0. The average Bonchev–Trinajstić information content (AvgIpc) is 3.58. The predicted octanol–water partition coefficient (Wildman–Crippen LogP) is 10.1. The fourth-order valence-corrected chi connectivity index (χ4v) is 8.20. The van der Waals surface area contributed by atoms with Crippen molar-refractivity contribution in [2.75, 3.05) is 6.54 Å². The van der Waals surface area contributed by atoms with E-state index in [2.05, 4.69) is 208 Å². The molecule has 2 aliphatic heterocycles. The molecule has 5 nitrogen and oxygen atoms in total. The van der Waals surface area contributed by atoms with Crippen LogP contribution in [0.5, 0.6) is 0 Å². The molecule has 0 bridgehead atoms. The summed E-state index contributed by atoms with van der Waals surface area (Å²) in [5.74, 6) is 1.05. The van der Waals surface area contributed by atoms with E-state index < -0.39 is 0 Å². The predicted molar refractivity (Wildman–Crippen MR) is 220 cm³/mol. The molecular weight excluding hydrogens is 647 g/mol. The first-order chi connectivity index (χ1) is 26.3. The molecular formula is C48H39N5. The van der Waals surface area contributed by atoms with Crippen LogP contribution in [0.1, 0.15) is 23.5 Å². The quantitative estimate of drug-likeness (QED) is 0.141.